The molecule has 1 fully saturated rings. The Kier molecular flexibility index (Phi) is 7.48. The van der Waals surface area contributed by atoms with Crippen molar-refractivity contribution in [2.75, 3.05) is 26.8 Å². The molecule has 4 rings (SSSR count). The van der Waals surface area contributed by atoms with Gasteiger partial charge in [0.05, 0.1) is 25.2 Å². The first-order chi connectivity index (χ1) is 16.4. The van der Waals surface area contributed by atoms with Crippen LogP contribution in [0.15, 0.2) is 24.3 Å². The van der Waals surface area contributed by atoms with Crippen LogP contribution in [-0.4, -0.2) is 58.5 Å². The second kappa shape index (κ2) is 10.5. The molecule has 1 aromatic carbocycles. The van der Waals surface area contributed by atoms with Gasteiger partial charge in [-0.25, -0.2) is 9.67 Å². The first-order valence-corrected chi connectivity index (χ1v) is 11.9. The molecule has 182 valence electrons. The molecule has 8 nitrogen and oxygen atoms in total. The number of aryl methyl sites for hydroxylation is 3. The number of benzene rings is 1. The van der Waals surface area contributed by atoms with E-state index in [4.69, 9.17) is 14.5 Å². The second-order valence-corrected chi connectivity index (χ2v) is 9.15. The summed E-state index contributed by atoms with van der Waals surface area (Å²) in [5.74, 6) is 0.601. The first kappa shape index (κ1) is 24.2. The normalized spacial score (nSPS) is 16.7. The van der Waals surface area contributed by atoms with Gasteiger partial charge in [-0.2, -0.15) is 0 Å². The molecule has 1 unspecified atom stereocenters. The Morgan fingerprint density at radius 3 is 2.85 bits per heavy atom. The zero-order valence-corrected chi connectivity index (χ0v) is 20.9. The number of fused-ring (bicyclic) bond motifs is 1. The van der Waals surface area contributed by atoms with E-state index in [9.17, 15) is 4.79 Å². The van der Waals surface area contributed by atoms with Crippen molar-refractivity contribution >= 4 is 16.9 Å². The fraction of sp³-hybridized carbons (Fsp3) is 0.500. The zero-order chi connectivity index (χ0) is 24.2. The average Bonchev–Trinajstić information content (AvgIpc) is 3.13. The van der Waals surface area contributed by atoms with Gasteiger partial charge >= 0.3 is 0 Å². The average molecular weight is 466 g/mol. The maximum atomic E-state index is 12.6. The van der Waals surface area contributed by atoms with E-state index in [2.05, 4.69) is 53.4 Å². The predicted molar refractivity (Wildman–Crippen MR) is 132 cm³/mol. The number of pyridine rings is 1. The van der Waals surface area contributed by atoms with Crippen molar-refractivity contribution in [1.29, 1.82) is 0 Å². The lowest BCUT2D eigenvalue weighted by Crippen LogP contribution is -2.40. The number of amides is 1. The van der Waals surface area contributed by atoms with Crippen LogP contribution in [0.1, 0.15) is 41.3 Å². The lowest BCUT2D eigenvalue weighted by atomic mass is 10.00. The number of methoxy groups -OCH3 is 1. The van der Waals surface area contributed by atoms with Crippen LogP contribution in [0.5, 0.6) is 5.88 Å². The van der Waals surface area contributed by atoms with Crippen LogP contribution in [0.3, 0.4) is 0 Å². The van der Waals surface area contributed by atoms with Gasteiger partial charge in [-0.3, -0.25) is 9.69 Å². The van der Waals surface area contributed by atoms with Gasteiger partial charge in [-0.15, -0.1) is 5.10 Å². The zero-order valence-electron chi connectivity index (χ0n) is 20.9. The van der Waals surface area contributed by atoms with E-state index >= 15 is 0 Å². The van der Waals surface area contributed by atoms with Crippen LogP contribution in [0.2, 0.25) is 0 Å². The Hall–Kier alpha value is -2.97. The highest BCUT2D eigenvalue weighted by Gasteiger charge is 2.19. The maximum Gasteiger partial charge on any atom is 0.242 e. The number of hydrogen-bond acceptors (Lipinski definition) is 6. The molecule has 2 aromatic heterocycles. The van der Waals surface area contributed by atoms with E-state index < -0.39 is 0 Å². The second-order valence-electron chi connectivity index (χ2n) is 9.15. The van der Waals surface area contributed by atoms with Crippen LogP contribution in [0.4, 0.5) is 0 Å². The minimum Gasteiger partial charge on any atom is -0.479 e. The molecule has 3 heterocycles. The summed E-state index contributed by atoms with van der Waals surface area (Å²) in [6.45, 7) is 10.3. The van der Waals surface area contributed by atoms with Gasteiger partial charge in [0.25, 0.3) is 0 Å². The number of ether oxygens (including phenoxy) is 2. The Bertz CT molecular complexity index is 1170. The summed E-state index contributed by atoms with van der Waals surface area (Å²) < 4.78 is 12.8. The summed E-state index contributed by atoms with van der Waals surface area (Å²) in [5.41, 5.74) is 6.25. The molecule has 1 atom stereocenters. The summed E-state index contributed by atoms with van der Waals surface area (Å²) in [6, 6.07) is 8.45. The topological polar surface area (TPSA) is 81.5 Å². The molecule has 34 heavy (non-hydrogen) atoms. The van der Waals surface area contributed by atoms with Crippen LogP contribution in [0, 0.1) is 13.8 Å². The molecule has 0 spiro atoms. The molecule has 1 aliphatic heterocycles. The number of rotatable bonds is 8. The molecule has 1 saturated heterocycles. The molecular weight excluding hydrogens is 430 g/mol. The molecular formula is C26H35N5O3. The van der Waals surface area contributed by atoms with Gasteiger partial charge in [0.1, 0.15) is 0 Å². The first-order valence-electron chi connectivity index (χ1n) is 11.9. The van der Waals surface area contributed by atoms with E-state index in [1.165, 1.54) is 5.56 Å². The summed E-state index contributed by atoms with van der Waals surface area (Å²) in [5, 5.41) is 8.39. The molecule has 3 aromatic rings. The lowest BCUT2D eigenvalue weighted by molar-refractivity contribution is -0.121. The summed E-state index contributed by atoms with van der Waals surface area (Å²) >= 11 is 0. The standard InChI is InChI=1S/C26H35N5O3/c1-17-15-31(11-12-34-17)16-21-8-6-7-20(13-21)14-27-23(32)10-9-22-18(2)24-25(28-19(22)3)30(4)29-26(24)33-5/h6-8,13,17H,9-12,14-16H2,1-5H3,(H,27,32). The summed E-state index contributed by atoms with van der Waals surface area (Å²) in [4.78, 5) is 19.8. The monoisotopic (exact) mass is 465 g/mol. The quantitative estimate of drug-likeness (QED) is 0.551. The molecule has 1 aliphatic rings. The van der Waals surface area contributed by atoms with Crippen molar-refractivity contribution in [2.45, 2.75) is 52.8 Å². The van der Waals surface area contributed by atoms with E-state index in [1.807, 2.05) is 14.0 Å². The number of nitrogens with one attached hydrogen (secondary N) is 1. The van der Waals surface area contributed by atoms with Gasteiger partial charge in [-0.1, -0.05) is 24.3 Å². The molecule has 0 bridgehead atoms. The Morgan fingerprint density at radius 2 is 2.09 bits per heavy atom. The number of aromatic nitrogens is 3. The van der Waals surface area contributed by atoms with Gasteiger partial charge in [0.15, 0.2) is 5.65 Å². The number of morpholine rings is 1. The predicted octanol–water partition coefficient (Wildman–Crippen LogP) is 3.06. The van der Waals surface area contributed by atoms with Crippen molar-refractivity contribution in [3.63, 3.8) is 0 Å². The summed E-state index contributed by atoms with van der Waals surface area (Å²) in [7, 11) is 3.48. The Morgan fingerprint density at radius 1 is 1.29 bits per heavy atom. The van der Waals surface area contributed by atoms with Crippen LogP contribution < -0.4 is 10.1 Å². The smallest absolute Gasteiger partial charge is 0.242 e. The van der Waals surface area contributed by atoms with Gasteiger partial charge < -0.3 is 14.8 Å². The van der Waals surface area contributed by atoms with Gasteiger partial charge in [0, 0.05) is 45.3 Å². The molecule has 0 aliphatic carbocycles. The van der Waals surface area contributed by atoms with E-state index in [0.717, 1.165) is 59.7 Å². The highest BCUT2D eigenvalue weighted by Crippen LogP contribution is 2.30. The van der Waals surface area contributed by atoms with Gasteiger partial charge in [-0.05, 0) is 49.4 Å². The SMILES string of the molecule is COc1nn(C)c2nc(C)c(CCC(=O)NCc3cccc(CN4CCOC(C)C4)c3)c(C)c12. The number of hydrogen-bond donors (Lipinski definition) is 1. The highest BCUT2D eigenvalue weighted by molar-refractivity contribution is 5.86. The van der Waals surface area contributed by atoms with Crippen LogP contribution in [0.25, 0.3) is 11.0 Å². The molecule has 0 radical (unpaired) electrons. The minimum absolute atomic E-state index is 0.0319. The molecule has 1 amide bonds. The van der Waals surface area contributed by atoms with Gasteiger partial charge in [0.2, 0.25) is 11.8 Å². The van der Waals surface area contributed by atoms with Crippen molar-refractivity contribution in [3.8, 4) is 5.88 Å². The fourth-order valence-corrected chi connectivity index (χ4v) is 4.77. The van der Waals surface area contributed by atoms with E-state index in [-0.39, 0.29) is 12.0 Å². The third-order valence-corrected chi connectivity index (χ3v) is 6.53. The van der Waals surface area contributed by atoms with Crippen LogP contribution in [-0.2, 0) is 36.1 Å². The number of carbonyl (C=O) groups excluding carboxylic acids is 1. The van der Waals surface area contributed by atoms with Crippen molar-refractivity contribution in [3.05, 3.63) is 52.2 Å². The molecule has 0 saturated carbocycles. The highest BCUT2D eigenvalue weighted by atomic mass is 16.5. The number of nitrogens with zero attached hydrogens (tertiary/aromatic N) is 4. The van der Waals surface area contributed by atoms with Crippen LogP contribution >= 0.6 is 0 Å². The number of carbonyl (C=O) groups is 1. The molecule has 1 N–H and O–H groups in total. The minimum atomic E-state index is 0.0319. The molecule has 8 heteroatoms. The largest absolute Gasteiger partial charge is 0.479 e. The van der Waals surface area contributed by atoms with Crippen molar-refractivity contribution < 1.29 is 14.3 Å². The third kappa shape index (κ3) is 5.39. The van der Waals surface area contributed by atoms with Crippen molar-refractivity contribution in [2.24, 2.45) is 7.05 Å². The van der Waals surface area contributed by atoms with E-state index in [1.54, 1.807) is 11.8 Å². The van der Waals surface area contributed by atoms with Crippen molar-refractivity contribution in [1.82, 2.24) is 25.0 Å². The Balaban J connectivity index is 1.35. The maximum absolute atomic E-state index is 12.6. The van der Waals surface area contributed by atoms with E-state index in [0.29, 0.717) is 25.3 Å². The summed E-state index contributed by atoms with van der Waals surface area (Å²) in [6.07, 6.45) is 1.31. The Labute approximate surface area is 201 Å². The lowest BCUT2D eigenvalue weighted by Gasteiger charge is -2.31. The third-order valence-electron chi connectivity index (χ3n) is 6.53. The fourth-order valence-electron chi connectivity index (χ4n) is 4.77.